The van der Waals surface area contributed by atoms with Crippen molar-refractivity contribution in [2.24, 2.45) is 4.99 Å². The maximum Gasteiger partial charge on any atom is 0.338 e. The predicted octanol–water partition coefficient (Wildman–Crippen LogP) is 3.71. The Morgan fingerprint density at radius 2 is 1.84 bits per heavy atom. The highest BCUT2D eigenvalue weighted by Gasteiger charge is 2.33. The van der Waals surface area contributed by atoms with Crippen LogP contribution in [0.25, 0.3) is 6.08 Å². The topological polar surface area (TPSA) is 60.7 Å². The molecule has 0 aliphatic carbocycles. The van der Waals surface area contributed by atoms with Gasteiger partial charge in [-0.2, -0.15) is 0 Å². The van der Waals surface area contributed by atoms with Gasteiger partial charge in [-0.15, -0.1) is 0 Å². The Kier molecular flexibility index (Phi) is 6.24. The van der Waals surface area contributed by atoms with Gasteiger partial charge in [0, 0.05) is 3.57 Å². The average molecular weight is 544 g/mol. The summed E-state index contributed by atoms with van der Waals surface area (Å²) in [7, 11) is 0. The molecular formula is C24H21IN2O3S. The molecule has 0 saturated heterocycles. The number of hydrogen-bond acceptors (Lipinski definition) is 5. The van der Waals surface area contributed by atoms with Crippen molar-refractivity contribution >= 4 is 46.0 Å². The first kappa shape index (κ1) is 21.7. The summed E-state index contributed by atoms with van der Waals surface area (Å²) in [6.45, 7) is 5.83. The first-order valence-corrected chi connectivity index (χ1v) is 11.8. The molecule has 158 valence electrons. The normalized spacial score (nSPS) is 16.1. The quantitative estimate of drug-likeness (QED) is 0.372. The minimum absolute atomic E-state index is 0.165. The average Bonchev–Trinajstić information content (AvgIpc) is 3.04. The molecule has 0 spiro atoms. The van der Waals surface area contributed by atoms with Crippen LogP contribution in [-0.2, 0) is 9.53 Å². The second kappa shape index (κ2) is 8.92. The van der Waals surface area contributed by atoms with Crippen LogP contribution in [0.4, 0.5) is 0 Å². The Hall–Kier alpha value is -2.52. The molecule has 1 unspecified atom stereocenters. The molecule has 0 radical (unpaired) electrons. The smallest absolute Gasteiger partial charge is 0.338 e. The van der Waals surface area contributed by atoms with E-state index in [9.17, 15) is 9.59 Å². The maximum absolute atomic E-state index is 13.5. The van der Waals surface area contributed by atoms with Crippen LogP contribution < -0.4 is 14.9 Å². The van der Waals surface area contributed by atoms with E-state index in [4.69, 9.17) is 4.74 Å². The highest BCUT2D eigenvalue weighted by molar-refractivity contribution is 14.1. The van der Waals surface area contributed by atoms with Crippen molar-refractivity contribution in [3.05, 3.63) is 99.7 Å². The van der Waals surface area contributed by atoms with E-state index in [1.165, 1.54) is 11.3 Å². The molecule has 1 atom stereocenters. The molecule has 2 heterocycles. The molecule has 1 aliphatic rings. The lowest BCUT2D eigenvalue weighted by Gasteiger charge is -2.24. The van der Waals surface area contributed by atoms with Crippen LogP contribution in [0, 0.1) is 10.5 Å². The van der Waals surface area contributed by atoms with E-state index in [1.807, 2.05) is 61.5 Å². The molecule has 5 nitrogen and oxygen atoms in total. The van der Waals surface area contributed by atoms with Gasteiger partial charge in [-0.25, -0.2) is 9.79 Å². The van der Waals surface area contributed by atoms with Crippen LogP contribution in [0.15, 0.2) is 69.6 Å². The van der Waals surface area contributed by atoms with Crippen molar-refractivity contribution in [1.29, 1.82) is 0 Å². The highest BCUT2D eigenvalue weighted by atomic mass is 127. The summed E-state index contributed by atoms with van der Waals surface area (Å²) in [6.07, 6.45) is 1.87. The highest BCUT2D eigenvalue weighted by Crippen LogP contribution is 2.30. The van der Waals surface area contributed by atoms with Crippen LogP contribution >= 0.6 is 33.9 Å². The van der Waals surface area contributed by atoms with E-state index in [-0.39, 0.29) is 12.2 Å². The summed E-state index contributed by atoms with van der Waals surface area (Å²) in [5.74, 6) is -0.443. The second-order valence-electron chi connectivity index (χ2n) is 7.26. The van der Waals surface area contributed by atoms with Gasteiger partial charge in [-0.3, -0.25) is 9.36 Å². The van der Waals surface area contributed by atoms with E-state index in [2.05, 4.69) is 27.6 Å². The molecule has 0 saturated carbocycles. The number of ether oxygens (including phenoxy) is 1. The number of allylic oxidation sites excluding steroid dienone is 1. The number of halogens is 1. The number of benzene rings is 2. The lowest BCUT2D eigenvalue weighted by molar-refractivity contribution is -0.139. The van der Waals surface area contributed by atoms with Crippen LogP contribution in [-0.4, -0.2) is 17.1 Å². The number of esters is 1. The third-order valence-electron chi connectivity index (χ3n) is 5.08. The number of hydrogen-bond donors (Lipinski definition) is 0. The molecule has 0 fully saturated rings. The molecule has 1 aromatic heterocycles. The summed E-state index contributed by atoms with van der Waals surface area (Å²) < 4.78 is 8.65. The zero-order valence-corrected chi connectivity index (χ0v) is 20.4. The first-order valence-electron chi connectivity index (χ1n) is 9.91. The fourth-order valence-corrected chi connectivity index (χ4v) is 4.97. The maximum atomic E-state index is 13.5. The molecule has 2 aromatic carbocycles. The van der Waals surface area contributed by atoms with E-state index in [0.717, 1.165) is 20.3 Å². The third-order valence-corrected chi connectivity index (χ3v) is 6.78. The van der Waals surface area contributed by atoms with E-state index in [1.54, 1.807) is 18.4 Å². The molecule has 0 N–H and O–H groups in total. The molecular weight excluding hydrogens is 523 g/mol. The van der Waals surface area contributed by atoms with Gasteiger partial charge in [0.1, 0.15) is 0 Å². The van der Waals surface area contributed by atoms with Crippen molar-refractivity contribution in [2.45, 2.75) is 26.8 Å². The molecule has 3 aromatic rings. The molecule has 1 aliphatic heterocycles. The lowest BCUT2D eigenvalue weighted by atomic mass is 9.95. The molecule has 31 heavy (non-hydrogen) atoms. The summed E-state index contributed by atoms with van der Waals surface area (Å²) in [4.78, 5) is 31.5. The van der Waals surface area contributed by atoms with Crippen LogP contribution in [0.3, 0.4) is 0 Å². The zero-order chi connectivity index (χ0) is 22.1. The Balaban J connectivity index is 1.94. The standard InChI is InChI=1S/C24H21IN2O3S/c1-4-30-23(29)20-15(3)26-24-27(21(20)17-9-5-14(2)6-10-17)22(28)19(31-24)13-16-7-11-18(25)12-8-16/h5-13,21H,4H2,1-3H3/b19-13-. The molecule has 4 rings (SSSR count). The van der Waals surface area contributed by atoms with Crippen LogP contribution in [0.2, 0.25) is 0 Å². The molecule has 0 amide bonds. The monoisotopic (exact) mass is 544 g/mol. The van der Waals surface area contributed by atoms with Gasteiger partial charge in [-0.1, -0.05) is 53.3 Å². The zero-order valence-electron chi connectivity index (χ0n) is 17.4. The van der Waals surface area contributed by atoms with Crippen molar-refractivity contribution < 1.29 is 9.53 Å². The minimum atomic E-state index is -0.574. The van der Waals surface area contributed by atoms with Gasteiger partial charge < -0.3 is 4.74 Å². The fraction of sp³-hybridized carbons (Fsp3) is 0.208. The van der Waals surface area contributed by atoms with Gasteiger partial charge in [0.25, 0.3) is 5.56 Å². The lowest BCUT2D eigenvalue weighted by Crippen LogP contribution is -2.39. The van der Waals surface area contributed by atoms with Gasteiger partial charge in [0.05, 0.1) is 28.5 Å². The van der Waals surface area contributed by atoms with E-state index < -0.39 is 12.0 Å². The molecule has 0 bridgehead atoms. The SMILES string of the molecule is CCOC(=O)C1=C(C)N=c2s/c(=C\c3ccc(I)cc3)c(=O)n2C1c1ccc(C)cc1. The van der Waals surface area contributed by atoms with Crippen molar-refractivity contribution in [2.75, 3.05) is 6.61 Å². The number of thiazole rings is 1. The first-order chi connectivity index (χ1) is 14.9. The van der Waals surface area contributed by atoms with Gasteiger partial charge >= 0.3 is 5.97 Å². The summed E-state index contributed by atoms with van der Waals surface area (Å²) >= 11 is 3.58. The Morgan fingerprint density at radius 3 is 2.48 bits per heavy atom. The summed E-state index contributed by atoms with van der Waals surface area (Å²) in [5, 5.41) is 0. The third kappa shape index (κ3) is 4.29. The van der Waals surface area contributed by atoms with E-state index >= 15 is 0 Å². The number of aromatic nitrogens is 1. The fourth-order valence-electron chi connectivity index (χ4n) is 3.57. The minimum Gasteiger partial charge on any atom is -0.463 e. The predicted molar refractivity (Wildman–Crippen MR) is 131 cm³/mol. The largest absolute Gasteiger partial charge is 0.463 e. The summed E-state index contributed by atoms with van der Waals surface area (Å²) in [5.41, 5.74) is 3.71. The van der Waals surface area contributed by atoms with Crippen molar-refractivity contribution in [3.63, 3.8) is 0 Å². The van der Waals surface area contributed by atoms with Gasteiger partial charge in [-0.05, 0) is 72.7 Å². The van der Waals surface area contributed by atoms with Gasteiger partial charge in [0.15, 0.2) is 4.80 Å². The number of nitrogens with zero attached hydrogens (tertiary/aromatic N) is 2. The Labute approximate surface area is 197 Å². The summed E-state index contributed by atoms with van der Waals surface area (Å²) in [6, 6.07) is 15.3. The number of carbonyl (C=O) groups excluding carboxylic acids is 1. The van der Waals surface area contributed by atoms with Crippen molar-refractivity contribution in [3.8, 4) is 0 Å². The number of aryl methyl sites for hydroxylation is 1. The Morgan fingerprint density at radius 1 is 1.16 bits per heavy atom. The van der Waals surface area contributed by atoms with Crippen LogP contribution in [0.5, 0.6) is 0 Å². The number of rotatable bonds is 4. The second-order valence-corrected chi connectivity index (χ2v) is 9.52. The van der Waals surface area contributed by atoms with Crippen molar-refractivity contribution in [1.82, 2.24) is 4.57 Å². The molecule has 7 heteroatoms. The van der Waals surface area contributed by atoms with E-state index in [0.29, 0.717) is 20.6 Å². The number of fused-ring (bicyclic) bond motifs is 1. The number of carbonyl (C=O) groups is 1. The van der Waals surface area contributed by atoms with Crippen LogP contribution in [0.1, 0.15) is 36.6 Å². The van der Waals surface area contributed by atoms with Gasteiger partial charge in [0.2, 0.25) is 0 Å². The Bertz CT molecular complexity index is 1350.